The highest BCUT2D eigenvalue weighted by atomic mass is 16.7. The van der Waals surface area contributed by atoms with Gasteiger partial charge in [-0.15, -0.1) is 0 Å². The summed E-state index contributed by atoms with van der Waals surface area (Å²) in [4.78, 5) is 0. The number of hydrogen-bond donors (Lipinski definition) is 5. The first-order chi connectivity index (χ1) is 11.0. The van der Waals surface area contributed by atoms with E-state index in [0.29, 0.717) is 19.6 Å². The monoisotopic (exact) mass is 340 g/mol. The summed E-state index contributed by atoms with van der Waals surface area (Å²) in [5, 5.41) is 44.6. The van der Waals surface area contributed by atoms with Gasteiger partial charge in [-0.05, 0) is 0 Å². The minimum absolute atomic E-state index is 0.129. The predicted molar refractivity (Wildman–Crippen MR) is 82.8 cm³/mol. The Labute approximate surface area is 137 Å². The van der Waals surface area contributed by atoms with Crippen molar-refractivity contribution in [1.82, 2.24) is 0 Å². The van der Waals surface area contributed by atoms with Gasteiger partial charge in [0.05, 0.1) is 38.1 Å². The molecule has 2 fully saturated rings. The minimum Gasteiger partial charge on any atom is -0.400 e. The van der Waals surface area contributed by atoms with Crippen molar-refractivity contribution in [3.05, 3.63) is 0 Å². The zero-order valence-corrected chi connectivity index (χ0v) is 14.2. The lowest BCUT2D eigenvalue weighted by atomic mass is 10.0. The molecule has 8 nitrogen and oxygen atoms in total. The van der Waals surface area contributed by atoms with Crippen molar-refractivity contribution in [3.8, 4) is 0 Å². The number of aliphatic hydroxyl groups is 5. The third-order valence-corrected chi connectivity index (χ3v) is 3.21. The van der Waals surface area contributed by atoms with Crippen molar-refractivity contribution in [2.75, 3.05) is 26.9 Å². The summed E-state index contributed by atoms with van der Waals surface area (Å²) in [6.07, 6.45) is -2.70. The lowest BCUT2D eigenvalue weighted by Crippen LogP contribution is -2.51. The number of rotatable bonds is 3. The molecule has 5 N–H and O–H groups in total. The summed E-state index contributed by atoms with van der Waals surface area (Å²) in [6.45, 7) is 4.52. The first-order valence-electron chi connectivity index (χ1n) is 8.00. The van der Waals surface area contributed by atoms with E-state index < -0.39 is 30.7 Å². The molecule has 0 bridgehead atoms. The Bertz CT molecular complexity index is 278. The van der Waals surface area contributed by atoms with Gasteiger partial charge in [-0.2, -0.15) is 0 Å². The van der Waals surface area contributed by atoms with Gasteiger partial charge in [0, 0.05) is 20.0 Å². The Morgan fingerprint density at radius 3 is 2.17 bits per heavy atom. The summed E-state index contributed by atoms with van der Waals surface area (Å²) in [5.74, 6) is 0. The Balaban J connectivity index is 0.000000868. The van der Waals surface area contributed by atoms with Crippen molar-refractivity contribution in [2.24, 2.45) is 0 Å². The molecule has 6 unspecified atom stereocenters. The Morgan fingerprint density at radius 2 is 1.65 bits per heavy atom. The molecule has 23 heavy (non-hydrogen) atoms. The van der Waals surface area contributed by atoms with Gasteiger partial charge in [0.15, 0.2) is 6.29 Å². The number of ether oxygens (including phenoxy) is 3. The van der Waals surface area contributed by atoms with Crippen LogP contribution in [0.2, 0.25) is 0 Å². The van der Waals surface area contributed by atoms with Crippen LogP contribution in [-0.4, -0.2) is 89.3 Å². The molecule has 0 amide bonds. The van der Waals surface area contributed by atoms with Crippen LogP contribution in [0, 0.1) is 0 Å². The largest absolute Gasteiger partial charge is 0.400 e. The fourth-order valence-electron chi connectivity index (χ4n) is 2.24. The van der Waals surface area contributed by atoms with Crippen molar-refractivity contribution < 1.29 is 39.7 Å². The molecule has 2 aliphatic heterocycles. The zero-order chi connectivity index (χ0) is 17.8. The van der Waals surface area contributed by atoms with E-state index in [9.17, 15) is 15.3 Å². The molecule has 140 valence electrons. The predicted octanol–water partition coefficient (Wildman–Crippen LogP) is -0.993. The van der Waals surface area contributed by atoms with Gasteiger partial charge in [0.25, 0.3) is 0 Å². The second-order valence-corrected chi connectivity index (χ2v) is 5.47. The van der Waals surface area contributed by atoms with Gasteiger partial charge in [-0.3, -0.25) is 0 Å². The van der Waals surface area contributed by atoms with Crippen LogP contribution in [0.1, 0.15) is 33.1 Å². The van der Waals surface area contributed by atoms with Gasteiger partial charge in [-0.1, -0.05) is 20.3 Å². The van der Waals surface area contributed by atoms with Crippen molar-refractivity contribution in [1.29, 1.82) is 0 Å². The SMILES string of the molecule is CCC.CO.OCC1OC(OC2COCC(O)C2)CC(O)C1O. The van der Waals surface area contributed by atoms with Gasteiger partial charge in [0.2, 0.25) is 0 Å². The molecule has 0 aromatic carbocycles. The van der Waals surface area contributed by atoms with Gasteiger partial charge in [0.1, 0.15) is 12.2 Å². The van der Waals surface area contributed by atoms with Gasteiger partial charge < -0.3 is 39.7 Å². The second-order valence-electron chi connectivity index (χ2n) is 5.47. The molecule has 2 rings (SSSR count). The van der Waals surface area contributed by atoms with Crippen molar-refractivity contribution in [2.45, 2.75) is 69.9 Å². The van der Waals surface area contributed by atoms with E-state index in [1.807, 2.05) is 0 Å². The standard InChI is InChI=1S/C11H20O7.C3H8.CH4O/c12-3-9-11(15)8(14)2-10(18-9)17-7-1-6(13)4-16-5-7;1-3-2;1-2/h6-15H,1-5H2;3H2,1-2H3;2H,1H3. The summed E-state index contributed by atoms with van der Waals surface area (Å²) < 4.78 is 16.0. The van der Waals surface area contributed by atoms with Crippen molar-refractivity contribution in [3.63, 3.8) is 0 Å². The maximum absolute atomic E-state index is 9.63. The second kappa shape index (κ2) is 13.0. The van der Waals surface area contributed by atoms with Crippen molar-refractivity contribution >= 4 is 0 Å². The Hall–Kier alpha value is -0.320. The summed E-state index contributed by atoms with van der Waals surface area (Å²) >= 11 is 0. The van der Waals surface area contributed by atoms with Gasteiger partial charge >= 0.3 is 0 Å². The van der Waals surface area contributed by atoms with E-state index in [2.05, 4.69) is 13.8 Å². The quantitative estimate of drug-likeness (QED) is 0.443. The first-order valence-corrected chi connectivity index (χ1v) is 8.00. The lowest BCUT2D eigenvalue weighted by molar-refractivity contribution is -0.279. The molecule has 2 saturated heterocycles. The highest BCUT2D eigenvalue weighted by Crippen LogP contribution is 2.24. The van der Waals surface area contributed by atoms with Crippen LogP contribution in [-0.2, 0) is 14.2 Å². The summed E-state index contributed by atoms with van der Waals surface area (Å²) in [5.41, 5.74) is 0. The maximum Gasteiger partial charge on any atom is 0.161 e. The molecule has 0 aromatic heterocycles. The molecular weight excluding hydrogens is 308 g/mol. The molecule has 6 atom stereocenters. The molecule has 0 aliphatic carbocycles. The maximum atomic E-state index is 9.63. The van der Waals surface area contributed by atoms with Crippen LogP contribution in [0.25, 0.3) is 0 Å². The van der Waals surface area contributed by atoms with Crippen LogP contribution in [0.15, 0.2) is 0 Å². The highest BCUT2D eigenvalue weighted by Gasteiger charge is 2.38. The smallest absolute Gasteiger partial charge is 0.161 e. The fourth-order valence-corrected chi connectivity index (χ4v) is 2.24. The van der Waals surface area contributed by atoms with E-state index in [4.69, 9.17) is 24.4 Å². The van der Waals surface area contributed by atoms with E-state index in [0.717, 1.165) is 7.11 Å². The normalized spacial score (nSPS) is 37.0. The minimum atomic E-state index is -1.11. The van der Waals surface area contributed by atoms with Crippen LogP contribution >= 0.6 is 0 Å². The van der Waals surface area contributed by atoms with E-state index in [1.165, 1.54) is 6.42 Å². The van der Waals surface area contributed by atoms with Crippen LogP contribution < -0.4 is 0 Å². The number of aliphatic hydroxyl groups excluding tert-OH is 5. The molecular formula is C15H32O8. The summed E-state index contributed by atoms with van der Waals surface area (Å²) in [7, 11) is 1.00. The molecule has 0 spiro atoms. The topological polar surface area (TPSA) is 129 Å². The third kappa shape index (κ3) is 8.37. The molecule has 0 aromatic rings. The first kappa shape index (κ1) is 22.7. The Kier molecular flexibility index (Phi) is 12.8. The van der Waals surface area contributed by atoms with E-state index >= 15 is 0 Å². The Morgan fingerprint density at radius 1 is 1.04 bits per heavy atom. The summed E-state index contributed by atoms with van der Waals surface area (Å²) in [6, 6.07) is 0. The average molecular weight is 340 g/mol. The van der Waals surface area contributed by atoms with Crippen LogP contribution in [0.4, 0.5) is 0 Å². The third-order valence-electron chi connectivity index (χ3n) is 3.21. The fraction of sp³-hybridized carbons (Fsp3) is 1.00. The highest BCUT2D eigenvalue weighted by molar-refractivity contribution is 4.83. The average Bonchev–Trinajstić information content (AvgIpc) is 2.53. The van der Waals surface area contributed by atoms with Crippen LogP contribution in [0.5, 0.6) is 0 Å². The molecule has 0 saturated carbocycles. The van der Waals surface area contributed by atoms with Gasteiger partial charge in [-0.25, -0.2) is 0 Å². The number of hydrogen-bond acceptors (Lipinski definition) is 8. The van der Waals surface area contributed by atoms with Crippen LogP contribution in [0.3, 0.4) is 0 Å². The molecule has 2 aliphatic rings. The molecule has 0 radical (unpaired) electrons. The van der Waals surface area contributed by atoms with E-state index in [1.54, 1.807) is 0 Å². The van der Waals surface area contributed by atoms with E-state index in [-0.39, 0.29) is 19.1 Å². The molecule has 2 heterocycles. The lowest BCUT2D eigenvalue weighted by Gasteiger charge is -2.38. The zero-order valence-electron chi connectivity index (χ0n) is 14.2. The molecule has 8 heteroatoms.